The maximum absolute atomic E-state index is 6.14. The van der Waals surface area contributed by atoms with Gasteiger partial charge in [0.2, 0.25) is 5.89 Å². The number of rotatable bonds is 5. The van der Waals surface area contributed by atoms with Gasteiger partial charge >= 0.3 is 0 Å². The Balaban J connectivity index is 1.46. The first kappa shape index (κ1) is 16.5. The number of hydrogen-bond acceptors (Lipinski definition) is 6. The minimum absolute atomic E-state index is 0.00866. The van der Waals surface area contributed by atoms with E-state index in [2.05, 4.69) is 39.3 Å². The quantitative estimate of drug-likeness (QED) is 0.830. The van der Waals surface area contributed by atoms with Crippen LogP contribution in [-0.2, 0) is 11.3 Å². The van der Waals surface area contributed by atoms with Crippen LogP contribution in [-0.4, -0.2) is 40.9 Å². The standard InChI is InChI=1S/C19H25N3O3/c1-14-20-19(25-21-14)18-13-23-10-9-22(18)12-15-5-4-8-17(11-15)24-16-6-2-3-7-16/h4-5,8,11,16,18H,2-3,6-7,9-10,12-13H2,1H3. The van der Waals surface area contributed by atoms with Crippen LogP contribution in [0.2, 0.25) is 0 Å². The highest BCUT2D eigenvalue weighted by Gasteiger charge is 2.29. The monoisotopic (exact) mass is 343 g/mol. The highest BCUT2D eigenvalue weighted by molar-refractivity contribution is 5.29. The van der Waals surface area contributed by atoms with Gasteiger partial charge in [-0.1, -0.05) is 17.3 Å². The van der Waals surface area contributed by atoms with Gasteiger partial charge in [0, 0.05) is 13.1 Å². The summed E-state index contributed by atoms with van der Waals surface area (Å²) in [6.07, 6.45) is 5.29. The highest BCUT2D eigenvalue weighted by Crippen LogP contribution is 2.27. The molecular formula is C19H25N3O3. The fraction of sp³-hybridized carbons (Fsp3) is 0.579. The predicted octanol–water partition coefficient (Wildman–Crippen LogP) is 3.27. The summed E-state index contributed by atoms with van der Waals surface area (Å²) in [7, 11) is 0. The first-order valence-corrected chi connectivity index (χ1v) is 9.15. The molecule has 1 aromatic heterocycles. The first-order chi connectivity index (χ1) is 12.3. The van der Waals surface area contributed by atoms with Gasteiger partial charge in [0.05, 0.1) is 19.3 Å². The Bertz CT molecular complexity index is 697. The van der Waals surface area contributed by atoms with Gasteiger partial charge in [0.15, 0.2) is 5.82 Å². The smallest absolute Gasteiger partial charge is 0.246 e. The van der Waals surface area contributed by atoms with E-state index in [4.69, 9.17) is 14.0 Å². The Morgan fingerprint density at radius 2 is 2.16 bits per heavy atom. The summed E-state index contributed by atoms with van der Waals surface area (Å²) < 4.78 is 17.1. The molecule has 6 heteroatoms. The van der Waals surface area contributed by atoms with Gasteiger partial charge in [-0.15, -0.1) is 0 Å². The molecule has 0 amide bonds. The maximum atomic E-state index is 6.14. The van der Waals surface area contributed by atoms with E-state index >= 15 is 0 Å². The number of aromatic nitrogens is 2. The van der Waals surface area contributed by atoms with Crippen molar-refractivity contribution < 1.29 is 14.0 Å². The third-order valence-corrected chi connectivity index (χ3v) is 4.96. The van der Waals surface area contributed by atoms with E-state index < -0.39 is 0 Å². The van der Waals surface area contributed by atoms with Crippen LogP contribution in [0.5, 0.6) is 5.75 Å². The summed E-state index contributed by atoms with van der Waals surface area (Å²) in [5, 5.41) is 3.92. The minimum atomic E-state index is 0.00866. The van der Waals surface area contributed by atoms with Crippen LogP contribution in [0.25, 0.3) is 0 Å². The van der Waals surface area contributed by atoms with E-state index in [1.807, 2.05) is 6.92 Å². The molecule has 1 saturated heterocycles. The summed E-state index contributed by atoms with van der Waals surface area (Å²) >= 11 is 0. The van der Waals surface area contributed by atoms with E-state index in [0.29, 0.717) is 24.4 Å². The molecule has 2 heterocycles. The summed E-state index contributed by atoms with van der Waals surface area (Å²) in [6.45, 7) is 4.81. The molecule has 0 N–H and O–H groups in total. The molecule has 1 aliphatic carbocycles. The molecule has 134 valence electrons. The zero-order valence-corrected chi connectivity index (χ0v) is 14.7. The van der Waals surface area contributed by atoms with Gasteiger partial charge in [-0.2, -0.15) is 4.98 Å². The van der Waals surface area contributed by atoms with Crippen molar-refractivity contribution in [2.24, 2.45) is 0 Å². The Labute approximate surface area is 148 Å². The van der Waals surface area contributed by atoms with Crippen molar-refractivity contribution in [1.29, 1.82) is 0 Å². The molecule has 1 aromatic carbocycles. The SMILES string of the molecule is Cc1noc(C2COCCN2Cc2cccc(OC3CCCC3)c2)n1. The molecule has 1 saturated carbocycles. The summed E-state index contributed by atoms with van der Waals surface area (Å²) in [5.41, 5.74) is 1.23. The van der Waals surface area contributed by atoms with E-state index in [1.165, 1.54) is 31.2 Å². The number of hydrogen-bond donors (Lipinski definition) is 0. The van der Waals surface area contributed by atoms with Crippen LogP contribution in [0.4, 0.5) is 0 Å². The zero-order chi connectivity index (χ0) is 17.1. The molecule has 1 aliphatic heterocycles. The van der Waals surface area contributed by atoms with Crippen LogP contribution in [0.15, 0.2) is 28.8 Å². The molecule has 1 unspecified atom stereocenters. The number of morpholine rings is 1. The number of ether oxygens (including phenoxy) is 2. The number of nitrogens with zero attached hydrogens (tertiary/aromatic N) is 3. The van der Waals surface area contributed by atoms with Crippen molar-refractivity contribution in [2.75, 3.05) is 19.8 Å². The Morgan fingerprint density at radius 3 is 2.96 bits per heavy atom. The fourth-order valence-corrected chi connectivity index (χ4v) is 3.65. The molecule has 2 aromatic rings. The zero-order valence-electron chi connectivity index (χ0n) is 14.7. The van der Waals surface area contributed by atoms with Crippen molar-refractivity contribution in [3.63, 3.8) is 0 Å². The van der Waals surface area contributed by atoms with Crippen LogP contribution < -0.4 is 4.74 Å². The molecule has 2 aliphatic rings. The van der Waals surface area contributed by atoms with E-state index in [9.17, 15) is 0 Å². The Morgan fingerprint density at radius 1 is 1.28 bits per heavy atom. The third kappa shape index (κ3) is 4.02. The third-order valence-electron chi connectivity index (χ3n) is 4.96. The second kappa shape index (κ2) is 7.54. The average molecular weight is 343 g/mol. The molecule has 25 heavy (non-hydrogen) atoms. The molecule has 6 nitrogen and oxygen atoms in total. The average Bonchev–Trinajstić information content (AvgIpc) is 3.27. The second-order valence-corrected chi connectivity index (χ2v) is 6.91. The van der Waals surface area contributed by atoms with Gasteiger partial charge in [0.25, 0.3) is 0 Å². The lowest BCUT2D eigenvalue weighted by Gasteiger charge is -2.33. The molecule has 4 rings (SSSR count). The van der Waals surface area contributed by atoms with Crippen LogP contribution in [0.1, 0.15) is 49.0 Å². The van der Waals surface area contributed by atoms with Crippen molar-refractivity contribution in [1.82, 2.24) is 15.0 Å². The Kier molecular flexibility index (Phi) is 4.99. The van der Waals surface area contributed by atoms with Crippen LogP contribution in [0.3, 0.4) is 0 Å². The van der Waals surface area contributed by atoms with Gasteiger partial charge in [-0.3, -0.25) is 4.90 Å². The normalized spacial score (nSPS) is 22.4. The van der Waals surface area contributed by atoms with E-state index in [0.717, 1.165) is 25.4 Å². The summed E-state index contributed by atoms with van der Waals surface area (Å²) in [5.74, 6) is 2.27. The van der Waals surface area contributed by atoms with Crippen molar-refractivity contribution in [2.45, 2.75) is 51.3 Å². The van der Waals surface area contributed by atoms with Crippen molar-refractivity contribution >= 4 is 0 Å². The Hall–Kier alpha value is -1.92. The lowest BCUT2D eigenvalue weighted by atomic mass is 10.1. The molecule has 2 fully saturated rings. The lowest BCUT2D eigenvalue weighted by Crippen LogP contribution is -2.39. The highest BCUT2D eigenvalue weighted by atomic mass is 16.5. The molecule has 0 spiro atoms. The maximum Gasteiger partial charge on any atom is 0.246 e. The second-order valence-electron chi connectivity index (χ2n) is 6.91. The topological polar surface area (TPSA) is 60.6 Å². The van der Waals surface area contributed by atoms with Crippen molar-refractivity contribution in [3.05, 3.63) is 41.5 Å². The van der Waals surface area contributed by atoms with Crippen LogP contribution in [0, 0.1) is 6.92 Å². The van der Waals surface area contributed by atoms with Gasteiger partial charge in [-0.05, 0) is 50.3 Å². The van der Waals surface area contributed by atoms with Crippen LogP contribution >= 0.6 is 0 Å². The number of benzene rings is 1. The van der Waals surface area contributed by atoms with E-state index in [-0.39, 0.29) is 6.04 Å². The van der Waals surface area contributed by atoms with Gasteiger partial charge < -0.3 is 14.0 Å². The molecule has 0 radical (unpaired) electrons. The van der Waals surface area contributed by atoms with Crippen molar-refractivity contribution in [3.8, 4) is 5.75 Å². The molecule has 1 atom stereocenters. The fourth-order valence-electron chi connectivity index (χ4n) is 3.65. The first-order valence-electron chi connectivity index (χ1n) is 9.15. The lowest BCUT2D eigenvalue weighted by molar-refractivity contribution is -0.0241. The molecule has 0 bridgehead atoms. The number of aryl methyl sites for hydroxylation is 1. The summed E-state index contributed by atoms with van der Waals surface area (Å²) in [6, 6.07) is 8.44. The predicted molar refractivity (Wildman–Crippen MR) is 92.3 cm³/mol. The largest absolute Gasteiger partial charge is 0.490 e. The van der Waals surface area contributed by atoms with E-state index in [1.54, 1.807) is 0 Å². The summed E-state index contributed by atoms with van der Waals surface area (Å²) in [4.78, 5) is 6.73. The van der Waals surface area contributed by atoms with Gasteiger partial charge in [0.1, 0.15) is 11.8 Å². The molecular weight excluding hydrogens is 318 g/mol. The van der Waals surface area contributed by atoms with Gasteiger partial charge in [-0.25, -0.2) is 0 Å². The minimum Gasteiger partial charge on any atom is -0.490 e.